The molecule has 3 N–H and O–H groups in total. The van der Waals surface area contributed by atoms with Crippen molar-refractivity contribution >= 4 is 5.91 Å². The topological polar surface area (TPSA) is 55.1 Å². The Hall–Kier alpha value is -0.570. The highest BCUT2D eigenvalue weighted by atomic mass is 16.2. The molecule has 0 aliphatic heterocycles. The van der Waals surface area contributed by atoms with Gasteiger partial charge in [-0.3, -0.25) is 4.79 Å². The molecule has 0 radical (unpaired) electrons. The van der Waals surface area contributed by atoms with Crippen LogP contribution in [0.15, 0.2) is 0 Å². The first kappa shape index (κ1) is 10.9. The van der Waals surface area contributed by atoms with Crippen molar-refractivity contribution in [2.75, 3.05) is 6.54 Å². The van der Waals surface area contributed by atoms with Gasteiger partial charge in [-0.1, -0.05) is 6.42 Å². The van der Waals surface area contributed by atoms with Gasteiger partial charge >= 0.3 is 0 Å². The van der Waals surface area contributed by atoms with E-state index in [4.69, 9.17) is 5.73 Å². The van der Waals surface area contributed by atoms with Gasteiger partial charge in [0.15, 0.2) is 0 Å². The maximum Gasteiger partial charge on any atom is 0.227 e. The Morgan fingerprint density at radius 2 is 2.13 bits per heavy atom. The third-order valence-electron chi connectivity index (χ3n) is 4.18. The predicted octanol–water partition coefficient (Wildman–Crippen LogP) is 1.28. The van der Waals surface area contributed by atoms with Crippen LogP contribution in [0, 0.1) is 17.3 Å². The van der Waals surface area contributed by atoms with Crippen LogP contribution in [0.5, 0.6) is 0 Å². The lowest BCUT2D eigenvalue weighted by Crippen LogP contribution is -2.47. The van der Waals surface area contributed by atoms with Crippen molar-refractivity contribution in [3.05, 3.63) is 0 Å². The van der Waals surface area contributed by atoms with Gasteiger partial charge in [0.2, 0.25) is 5.91 Å². The van der Waals surface area contributed by atoms with Crippen molar-refractivity contribution in [2.24, 2.45) is 23.0 Å². The van der Waals surface area contributed by atoms with E-state index in [0.717, 1.165) is 11.8 Å². The van der Waals surface area contributed by atoms with Gasteiger partial charge in [0.25, 0.3) is 0 Å². The number of carbonyl (C=O) groups is 1. The first-order valence-electron chi connectivity index (χ1n) is 6.04. The number of nitrogens with two attached hydrogens (primary N) is 1. The van der Waals surface area contributed by atoms with E-state index in [0.29, 0.717) is 12.6 Å². The van der Waals surface area contributed by atoms with Crippen LogP contribution in [0.4, 0.5) is 0 Å². The van der Waals surface area contributed by atoms with Crippen molar-refractivity contribution in [1.82, 2.24) is 5.32 Å². The summed E-state index contributed by atoms with van der Waals surface area (Å²) < 4.78 is 0. The summed E-state index contributed by atoms with van der Waals surface area (Å²) in [5.74, 6) is 1.75. The van der Waals surface area contributed by atoms with Gasteiger partial charge < -0.3 is 11.1 Å². The first-order valence-corrected chi connectivity index (χ1v) is 6.04. The molecule has 2 aliphatic carbocycles. The molecule has 2 saturated carbocycles. The zero-order valence-corrected chi connectivity index (χ0v) is 9.75. The van der Waals surface area contributed by atoms with Gasteiger partial charge in [0, 0.05) is 12.6 Å². The summed E-state index contributed by atoms with van der Waals surface area (Å²) in [6, 6.07) is 0.432. The average molecular weight is 210 g/mol. The number of hydrogen-bond acceptors (Lipinski definition) is 2. The minimum Gasteiger partial charge on any atom is -0.353 e. The molecule has 15 heavy (non-hydrogen) atoms. The van der Waals surface area contributed by atoms with Gasteiger partial charge in [-0.15, -0.1) is 0 Å². The van der Waals surface area contributed by atoms with Gasteiger partial charge in [-0.05, 0) is 44.9 Å². The van der Waals surface area contributed by atoms with Crippen LogP contribution in [0.2, 0.25) is 0 Å². The fourth-order valence-electron chi connectivity index (χ4n) is 2.88. The molecule has 0 aromatic heterocycles. The van der Waals surface area contributed by atoms with Crippen LogP contribution in [-0.4, -0.2) is 18.5 Å². The zero-order valence-electron chi connectivity index (χ0n) is 9.75. The normalized spacial score (nSPS) is 34.5. The van der Waals surface area contributed by atoms with Gasteiger partial charge in [-0.2, -0.15) is 0 Å². The minimum atomic E-state index is -0.415. The molecule has 0 aromatic rings. The van der Waals surface area contributed by atoms with E-state index in [9.17, 15) is 4.79 Å². The van der Waals surface area contributed by atoms with Crippen LogP contribution in [-0.2, 0) is 4.79 Å². The summed E-state index contributed by atoms with van der Waals surface area (Å²) >= 11 is 0. The molecule has 2 rings (SSSR count). The maximum absolute atomic E-state index is 11.9. The molecule has 2 bridgehead atoms. The first-order chi connectivity index (χ1) is 7.03. The highest BCUT2D eigenvalue weighted by molar-refractivity contribution is 5.82. The predicted molar refractivity (Wildman–Crippen MR) is 60.2 cm³/mol. The van der Waals surface area contributed by atoms with E-state index < -0.39 is 5.41 Å². The fraction of sp³-hybridized carbons (Fsp3) is 0.917. The lowest BCUT2D eigenvalue weighted by molar-refractivity contribution is -0.130. The number of hydrogen-bond donors (Lipinski definition) is 2. The minimum absolute atomic E-state index is 0.127. The Morgan fingerprint density at radius 3 is 2.60 bits per heavy atom. The Balaban J connectivity index is 1.90. The Bertz CT molecular complexity index is 262. The van der Waals surface area contributed by atoms with E-state index in [-0.39, 0.29) is 5.91 Å². The molecular formula is C12H22N2O. The highest BCUT2D eigenvalue weighted by Crippen LogP contribution is 2.44. The van der Waals surface area contributed by atoms with Gasteiger partial charge in [0.05, 0.1) is 5.41 Å². The Morgan fingerprint density at radius 1 is 1.40 bits per heavy atom. The highest BCUT2D eigenvalue weighted by Gasteiger charge is 2.41. The molecule has 1 amide bonds. The molecule has 0 aromatic carbocycles. The Kier molecular flexibility index (Phi) is 2.75. The van der Waals surface area contributed by atoms with Gasteiger partial charge in [0.1, 0.15) is 0 Å². The largest absolute Gasteiger partial charge is 0.353 e. The summed E-state index contributed by atoms with van der Waals surface area (Å²) in [5, 5.41) is 3.18. The lowest BCUT2D eigenvalue weighted by atomic mass is 9.90. The molecule has 3 unspecified atom stereocenters. The fourth-order valence-corrected chi connectivity index (χ4v) is 2.88. The zero-order chi connectivity index (χ0) is 11.1. The van der Waals surface area contributed by atoms with Crippen LogP contribution < -0.4 is 11.1 Å². The molecular weight excluding hydrogens is 188 g/mol. The number of carbonyl (C=O) groups excluding carboxylic acids is 1. The van der Waals surface area contributed by atoms with Crippen molar-refractivity contribution in [3.8, 4) is 0 Å². The van der Waals surface area contributed by atoms with Crippen LogP contribution in [0.1, 0.15) is 39.5 Å². The van der Waals surface area contributed by atoms with Crippen molar-refractivity contribution < 1.29 is 4.79 Å². The van der Waals surface area contributed by atoms with Crippen molar-refractivity contribution in [1.29, 1.82) is 0 Å². The smallest absolute Gasteiger partial charge is 0.227 e. The van der Waals surface area contributed by atoms with E-state index >= 15 is 0 Å². The number of rotatable bonds is 3. The lowest BCUT2D eigenvalue weighted by Gasteiger charge is -2.28. The molecule has 0 saturated heterocycles. The Labute approximate surface area is 91.8 Å². The SMILES string of the molecule is CC(C)(CN)C(=O)NC1CC2CCC1C2. The third-order valence-corrected chi connectivity index (χ3v) is 4.18. The molecule has 0 heterocycles. The second-order valence-corrected chi connectivity index (χ2v) is 5.84. The second kappa shape index (κ2) is 3.78. The summed E-state index contributed by atoms with van der Waals surface area (Å²) in [5.41, 5.74) is 5.18. The van der Waals surface area contributed by atoms with Crippen LogP contribution >= 0.6 is 0 Å². The number of amides is 1. The van der Waals surface area contributed by atoms with Crippen LogP contribution in [0.25, 0.3) is 0 Å². The van der Waals surface area contributed by atoms with E-state index in [1.165, 1.54) is 25.7 Å². The summed E-state index contributed by atoms with van der Waals surface area (Å²) in [7, 11) is 0. The van der Waals surface area contributed by atoms with E-state index in [1.54, 1.807) is 0 Å². The quantitative estimate of drug-likeness (QED) is 0.737. The summed E-state index contributed by atoms with van der Waals surface area (Å²) in [4.78, 5) is 11.9. The van der Waals surface area contributed by atoms with Crippen molar-refractivity contribution in [3.63, 3.8) is 0 Å². The molecule has 2 fully saturated rings. The van der Waals surface area contributed by atoms with Gasteiger partial charge in [-0.25, -0.2) is 0 Å². The van der Waals surface area contributed by atoms with Crippen LogP contribution in [0.3, 0.4) is 0 Å². The number of fused-ring (bicyclic) bond motifs is 2. The molecule has 2 aliphatic rings. The standard InChI is InChI=1S/C12H22N2O/c1-12(2,7-13)11(15)14-10-6-8-3-4-9(10)5-8/h8-10H,3-7,13H2,1-2H3,(H,14,15). The van der Waals surface area contributed by atoms with E-state index in [2.05, 4.69) is 5.32 Å². The molecule has 0 spiro atoms. The summed E-state index contributed by atoms with van der Waals surface area (Å²) in [6.07, 6.45) is 5.20. The monoisotopic (exact) mass is 210 g/mol. The molecule has 3 nitrogen and oxygen atoms in total. The number of nitrogens with one attached hydrogen (secondary N) is 1. The van der Waals surface area contributed by atoms with Crippen molar-refractivity contribution in [2.45, 2.75) is 45.6 Å². The molecule has 86 valence electrons. The molecule has 3 heteroatoms. The third kappa shape index (κ3) is 2.03. The second-order valence-electron chi connectivity index (χ2n) is 5.84. The molecule has 3 atom stereocenters. The maximum atomic E-state index is 11.9. The summed E-state index contributed by atoms with van der Waals surface area (Å²) in [6.45, 7) is 4.24. The van der Waals surface area contributed by atoms with E-state index in [1.807, 2.05) is 13.8 Å². The average Bonchev–Trinajstić information content (AvgIpc) is 2.79.